The van der Waals surface area contributed by atoms with E-state index in [0.717, 1.165) is 18.8 Å². The van der Waals surface area contributed by atoms with E-state index in [1.54, 1.807) is 6.07 Å². The molecule has 0 saturated carbocycles. The first-order chi connectivity index (χ1) is 8.71. The van der Waals surface area contributed by atoms with Gasteiger partial charge in [-0.1, -0.05) is 13.8 Å². The molecule has 4 heteroatoms. The number of nitrogens with two attached hydrogens (primary N) is 1. The van der Waals surface area contributed by atoms with Crippen LogP contribution in [0.25, 0.3) is 0 Å². The van der Waals surface area contributed by atoms with Crippen LogP contribution in [0.15, 0.2) is 18.2 Å². The quantitative estimate of drug-likeness (QED) is 0.611. The van der Waals surface area contributed by atoms with Gasteiger partial charge in [0.25, 0.3) is 0 Å². The summed E-state index contributed by atoms with van der Waals surface area (Å²) in [5.74, 6) is -0.00583. The Hall–Kier alpha value is -1.55. The molecule has 0 amide bonds. The minimum absolute atomic E-state index is 0.00583. The molecule has 0 aliphatic heterocycles. The van der Waals surface area contributed by atoms with E-state index in [-0.39, 0.29) is 11.2 Å². The number of nitrogens with zero attached hydrogens (tertiary/aromatic N) is 1. The first-order valence-electron chi connectivity index (χ1n) is 6.50. The molecule has 1 aromatic rings. The normalized spacial score (nSPS) is 11.7. The summed E-state index contributed by atoms with van der Waals surface area (Å²) in [5, 5.41) is 3.38. The van der Waals surface area contributed by atoms with Crippen molar-refractivity contribution in [3.63, 3.8) is 0 Å². The average molecular weight is 263 g/mol. The lowest BCUT2D eigenvalue weighted by molar-refractivity contribution is 0.101. The number of nitrogen functional groups attached to an aromatic ring is 1. The molecule has 4 nitrogen and oxygen atoms in total. The van der Waals surface area contributed by atoms with Crippen molar-refractivity contribution in [1.82, 2.24) is 4.90 Å². The molecule has 0 spiro atoms. The number of carbonyl (C=O) groups is 1. The van der Waals surface area contributed by atoms with Crippen LogP contribution >= 0.6 is 0 Å². The highest BCUT2D eigenvalue weighted by atomic mass is 16.1. The van der Waals surface area contributed by atoms with Gasteiger partial charge in [0, 0.05) is 30.0 Å². The summed E-state index contributed by atoms with van der Waals surface area (Å²) in [4.78, 5) is 13.6. The van der Waals surface area contributed by atoms with E-state index in [2.05, 4.69) is 38.2 Å². The molecule has 0 aliphatic rings. The summed E-state index contributed by atoms with van der Waals surface area (Å²) in [7, 11) is 4.14. The van der Waals surface area contributed by atoms with Crippen molar-refractivity contribution < 1.29 is 4.79 Å². The third-order valence-corrected chi connectivity index (χ3v) is 2.95. The first-order valence-corrected chi connectivity index (χ1v) is 6.50. The van der Waals surface area contributed by atoms with Crippen molar-refractivity contribution >= 4 is 17.2 Å². The first kappa shape index (κ1) is 15.5. The van der Waals surface area contributed by atoms with Crippen LogP contribution in [0.3, 0.4) is 0 Å². The number of nitrogens with one attached hydrogen (secondary N) is 1. The molecule has 0 heterocycles. The molecule has 0 atom stereocenters. The number of anilines is 2. The second-order valence-corrected chi connectivity index (χ2v) is 6.11. The number of Topliss-reactive ketones (excluding diaryl/α,β-unsaturated/α-hetero) is 1. The van der Waals surface area contributed by atoms with Crippen molar-refractivity contribution in [1.29, 1.82) is 0 Å². The third kappa shape index (κ3) is 4.91. The second-order valence-electron chi connectivity index (χ2n) is 6.11. The maximum absolute atomic E-state index is 11.5. The van der Waals surface area contributed by atoms with E-state index in [4.69, 9.17) is 5.73 Å². The summed E-state index contributed by atoms with van der Waals surface area (Å²) in [6.45, 7) is 7.79. The largest absolute Gasteiger partial charge is 0.398 e. The molecule has 0 aromatic heterocycles. The lowest BCUT2D eigenvalue weighted by Gasteiger charge is -2.29. The van der Waals surface area contributed by atoms with Gasteiger partial charge >= 0.3 is 0 Å². The van der Waals surface area contributed by atoms with E-state index in [9.17, 15) is 4.79 Å². The van der Waals surface area contributed by atoms with Crippen molar-refractivity contribution in [2.24, 2.45) is 5.41 Å². The van der Waals surface area contributed by atoms with Gasteiger partial charge in [-0.25, -0.2) is 0 Å². The van der Waals surface area contributed by atoms with E-state index < -0.39 is 0 Å². The summed E-state index contributed by atoms with van der Waals surface area (Å²) in [6, 6.07) is 5.51. The van der Waals surface area contributed by atoms with Crippen LogP contribution in [0.4, 0.5) is 11.4 Å². The SMILES string of the molecule is CC(=O)c1cc(NCC(C)(C)CN(C)C)ccc1N. The number of hydrogen-bond acceptors (Lipinski definition) is 4. The zero-order valence-electron chi connectivity index (χ0n) is 12.6. The minimum atomic E-state index is -0.00583. The Labute approximate surface area is 116 Å². The zero-order chi connectivity index (χ0) is 14.6. The molecule has 3 N–H and O–H groups in total. The average Bonchev–Trinajstić information content (AvgIpc) is 2.26. The lowest BCUT2D eigenvalue weighted by Crippen LogP contribution is -2.34. The molecule has 0 radical (unpaired) electrons. The molecular weight excluding hydrogens is 238 g/mol. The molecule has 0 unspecified atom stereocenters. The standard InChI is InChI=1S/C15H25N3O/c1-11(19)13-8-12(6-7-14(13)16)17-9-15(2,3)10-18(4)5/h6-8,17H,9-10,16H2,1-5H3. The molecule has 0 saturated heterocycles. The van der Waals surface area contributed by atoms with Gasteiger partial charge in [0.1, 0.15) is 0 Å². The fourth-order valence-corrected chi connectivity index (χ4v) is 2.22. The molecule has 1 rings (SSSR count). The summed E-state index contributed by atoms with van der Waals surface area (Å²) in [5.41, 5.74) is 7.99. The third-order valence-electron chi connectivity index (χ3n) is 2.95. The fourth-order valence-electron chi connectivity index (χ4n) is 2.22. The number of rotatable bonds is 6. The summed E-state index contributed by atoms with van der Waals surface area (Å²) < 4.78 is 0. The van der Waals surface area contributed by atoms with Crippen LogP contribution in [0.2, 0.25) is 0 Å². The van der Waals surface area contributed by atoms with E-state index in [0.29, 0.717) is 11.3 Å². The van der Waals surface area contributed by atoms with Gasteiger partial charge in [-0.2, -0.15) is 0 Å². The Kier molecular flexibility index (Phi) is 4.95. The Balaban J connectivity index is 2.73. The smallest absolute Gasteiger partial charge is 0.161 e. The van der Waals surface area contributed by atoms with Crippen molar-refractivity contribution in [2.45, 2.75) is 20.8 Å². The lowest BCUT2D eigenvalue weighted by atomic mass is 9.93. The van der Waals surface area contributed by atoms with Gasteiger partial charge in [-0.3, -0.25) is 4.79 Å². The highest BCUT2D eigenvalue weighted by molar-refractivity contribution is 5.99. The predicted octanol–water partition coefficient (Wildman–Crippen LogP) is 2.47. The Morgan fingerprint density at radius 1 is 1.37 bits per heavy atom. The molecule has 19 heavy (non-hydrogen) atoms. The van der Waals surface area contributed by atoms with Crippen molar-refractivity contribution in [3.8, 4) is 0 Å². The Morgan fingerprint density at radius 3 is 2.53 bits per heavy atom. The van der Waals surface area contributed by atoms with E-state index in [1.165, 1.54) is 6.92 Å². The fraction of sp³-hybridized carbons (Fsp3) is 0.533. The number of ketones is 1. The van der Waals surface area contributed by atoms with Gasteiger partial charge in [0.2, 0.25) is 0 Å². The zero-order valence-corrected chi connectivity index (χ0v) is 12.6. The molecule has 0 bridgehead atoms. The van der Waals surface area contributed by atoms with Crippen molar-refractivity contribution in [3.05, 3.63) is 23.8 Å². The molecule has 0 aliphatic carbocycles. The van der Waals surface area contributed by atoms with E-state index >= 15 is 0 Å². The van der Waals surface area contributed by atoms with Gasteiger partial charge in [0.15, 0.2) is 5.78 Å². The van der Waals surface area contributed by atoms with Gasteiger partial charge in [-0.15, -0.1) is 0 Å². The monoisotopic (exact) mass is 263 g/mol. The predicted molar refractivity (Wildman–Crippen MR) is 81.7 cm³/mol. The molecular formula is C15H25N3O. The molecule has 106 valence electrons. The Morgan fingerprint density at radius 2 is 2.00 bits per heavy atom. The van der Waals surface area contributed by atoms with Crippen LogP contribution < -0.4 is 11.1 Å². The molecule has 0 fully saturated rings. The molecule has 1 aromatic carbocycles. The maximum Gasteiger partial charge on any atom is 0.161 e. The van der Waals surface area contributed by atoms with Gasteiger partial charge in [-0.05, 0) is 44.6 Å². The van der Waals surface area contributed by atoms with Crippen LogP contribution in [0.1, 0.15) is 31.1 Å². The van der Waals surface area contributed by atoms with Crippen molar-refractivity contribution in [2.75, 3.05) is 38.2 Å². The van der Waals surface area contributed by atoms with Gasteiger partial charge < -0.3 is 16.0 Å². The minimum Gasteiger partial charge on any atom is -0.398 e. The van der Waals surface area contributed by atoms with Gasteiger partial charge in [0.05, 0.1) is 0 Å². The van der Waals surface area contributed by atoms with E-state index in [1.807, 2.05) is 12.1 Å². The topological polar surface area (TPSA) is 58.4 Å². The highest BCUT2D eigenvalue weighted by Crippen LogP contribution is 2.21. The second kappa shape index (κ2) is 6.06. The number of carbonyl (C=O) groups excluding carboxylic acids is 1. The number of hydrogen-bond donors (Lipinski definition) is 2. The maximum atomic E-state index is 11.5. The summed E-state index contributed by atoms with van der Waals surface area (Å²) in [6.07, 6.45) is 0. The van der Waals surface area contributed by atoms with Crippen LogP contribution in [0.5, 0.6) is 0 Å². The highest BCUT2D eigenvalue weighted by Gasteiger charge is 2.18. The summed E-state index contributed by atoms with van der Waals surface area (Å²) >= 11 is 0. The van der Waals surface area contributed by atoms with Crippen LogP contribution in [-0.2, 0) is 0 Å². The Bertz CT molecular complexity index is 453. The van der Waals surface area contributed by atoms with Crippen LogP contribution in [0, 0.1) is 5.41 Å². The van der Waals surface area contributed by atoms with Crippen LogP contribution in [-0.4, -0.2) is 37.9 Å². The number of benzene rings is 1.